The molecule has 0 saturated heterocycles. The molecule has 12 aromatic carbocycles. The van der Waals surface area contributed by atoms with E-state index < -0.39 is 0 Å². The smallest absolute Gasteiger partial charge is 0.238 e. The van der Waals surface area contributed by atoms with Crippen LogP contribution in [0.4, 0.5) is 0 Å². The highest BCUT2D eigenvalue weighted by molar-refractivity contribution is 6.15. The molecule has 0 bridgehead atoms. The van der Waals surface area contributed by atoms with Crippen molar-refractivity contribution >= 4 is 87.2 Å². The van der Waals surface area contributed by atoms with Gasteiger partial charge in [-0.25, -0.2) is 29.9 Å². The lowest BCUT2D eigenvalue weighted by Gasteiger charge is -2.20. The Balaban J connectivity index is 0.0000000964. The van der Waals surface area contributed by atoms with E-state index in [1.165, 1.54) is 127 Å². The number of nitrogens with zero attached hydrogens (tertiary/aromatic N) is 18. The van der Waals surface area contributed by atoms with Gasteiger partial charge in [0.1, 0.15) is 5.82 Å². The molecule has 0 spiro atoms. The fraction of sp³-hybridized carbons (Fsp3) is 0.0952. The number of aromatic nitrogens is 18. The summed E-state index contributed by atoms with van der Waals surface area (Å²) >= 11 is 0. The fourth-order valence-electron chi connectivity index (χ4n) is 23.4. The normalized spacial score (nSPS) is 13.8. The van der Waals surface area contributed by atoms with Crippen molar-refractivity contribution in [3.63, 3.8) is 0 Å². The lowest BCUT2D eigenvalue weighted by atomic mass is 9.83. The summed E-state index contributed by atoms with van der Waals surface area (Å²) < 4.78 is 18.5. The lowest BCUT2D eigenvalue weighted by molar-refractivity contribution is 0.645. The van der Waals surface area contributed by atoms with Gasteiger partial charge in [-0.3, -0.25) is 28.2 Å². The Kier molecular flexibility index (Phi) is 19.2. The van der Waals surface area contributed by atoms with Crippen LogP contribution in [0.15, 0.2) is 426 Å². The molecule has 18 heterocycles. The van der Waals surface area contributed by atoms with Gasteiger partial charge in [0, 0.05) is 153 Å². The summed E-state index contributed by atoms with van der Waals surface area (Å²) in [6.07, 6.45) is 14.6. The van der Waals surface area contributed by atoms with Crippen LogP contribution in [-0.4, -0.2) is 86.4 Å². The highest BCUT2D eigenvalue weighted by Gasteiger charge is 2.45. The molecule has 26 aromatic rings. The van der Waals surface area contributed by atoms with Crippen molar-refractivity contribution in [2.45, 2.75) is 77.0 Å². The van der Waals surface area contributed by atoms with Gasteiger partial charge in [0.05, 0.1) is 101 Å². The molecule has 0 aliphatic carbocycles. The molecule has 0 unspecified atom stereocenters. The molecule has 0 atom stereocenters. The Morgan fingerprint density at radius 3 is 0.771 bits per heavy atom. The Bertz CT molecular complexity index is 8750. The molecule has 0 fully saturated rings. The largest absolute Gasteiger partial charge is 0.317 e. The Morgan fingerprint density at radius 2 is 0.451 bits per heavy atom. The SMILES string of the molecule is CC1(C)c2ccccc2-n2cc3c4ccccc4n(-c4ccccn4)c3c21.CC1(C)c2ccccc2-n2cc3c4ccccc4n(-c4nc(-c5ccccc5)cc(-c5ccccc5)n4)c3c21.CC1(C)c2ccccc2-n2cc3c4ccccc4n(-c4nc(-c5ccccc5)nc(-c5ccccc5)n4)c3c21.CC1(C)c2ccccc2-n2cc3c4ccccc4n(-c4nc(-c5ccccn5)cc(-c5ccccn5)n4)c3c21. The van der Waals surface area contributed by atoms with Crippen molar-refractivity contribution in [3.8, 4) is 114 Å². The number of benzene rings is 12. The summed E-state index contributed by atoms with van der Waals surface area (Å²) in [6.45, 7) is 18.5. The Labute approximate surface area is 830 Å². The van der Waals surface area contributed by atoms with Crippen LogP contribution in [0.1, 0.15) is 100 Å². The molecule has 0 radical (unpaired) electrons. The van der Waals surface area contributed by atoms with Crippen LogP contribution in [0.3, 0.4) is 0 Å². The van der Waals surface area contributed by atoms with E-state index in [4.69, 9.17) is 34.9 Å². The van der Waals surface area contributed by atoms with Crippen LogP contribution in [0.25, 0.3) is 202 Å². The van der Waals surface area contributed by atoms with Gasteiger partial charge >= 0.3 is 0 Å². The van der Waals surface area contributed by atoms with Crippen molar-refractivity contribution in [1.29, 1.82) is 0 Å². The van der Waals surface area contributed by atoms with E-state index in [-0.39, 0.29) is 21.7 Å². The zero-order chi connectivity index (χ0) is 96.6. The number of para-hydroxylation sites is 8. The van der Waals surface area contributed by atoms with Crippen LogP contribution in [-0.2, 0) is 21.7 Å². The van der Waals surface area contributed by atoms with E-state index in [1.807, 2.05) is 128 Å². The zero-order valence-corrected chi connectivity index (χ0v) is 80.5. The molecule has 18 heteroatoms. The minimum absolute atomic E-state index is 0.0702. The highest BCUT2D eigenvalue weighted by atomic mass is 15.2. The molecule has 688 valence electrons. The molecular weight excluding hydrogens is 1770 g/mol. The first-order chi connectivity index (χ1) is 70.5. The summed E-state index contributed by atoms with van der Waals surface area (Å²) in [5.74, 6) is 4.18. The van der Waals surface area contributed by atoms with Crippen LogP contribution in [0, 0.1) is 0 Å². The second-order valence-corrected chi connectivity index (χ2v) is 39.7. The summed E-state index contributed by atoms with van der Waals surface area (Å²) in [4.78, 5) is 49.7. The molecule has 4 aliphatic rings. The maximum atomic E-state index is 5.22. The second-order valence-electron chi connectivity index (χ2n) is 39.7. The maximum absolute atomic E-state index is 5.22. The van der Waals surface area contributed by atoms with E-state index >= 15 is 0 Å². The van der Waals surface area contributed by atoms with E-state index in [1.54, 1.807) is 12.4 Å². The zero-order valence-electron chi connectivity index (χ0n) is 80.5. The van der Waals surface area contributed by atoms with Gasteiger partial charge < -0.3 is 18.3 Å². The molecule has 144 heavy (non-hydrogen) atoms. The summed E-state index contributed by atoms with van der Waals surface area (Å²) in [5, 5.41) is 9.73. The highest BCUT2D eigenvalue weighted by Crippen LogP contribution is 2.55. The molecule has 0 N–H and O–H groups in total. The van der Waals surface area contributed by atoms with Crippen LogP contribution in [0.2, 0.25) is 0 Å². The van der Waals surface area contributed by atoms with E-state index in [9.17, 15) is 0 Å². The molecule has 4 aliphatic heterocycles. The first-order valence-electron chi connectivity index (χ1n) is 49.0. The van der Waals surface area contributed by atoms with Crippen molar-refractivity contribution in [1.82, 2.24) is 86.4 Å². The van der Waals surface area contributed by atoms with Gasteiger partial charge in [-0.1, -0.05) is 341 Å². The molecule has 18 nitrogen and oxygen atoms in total. The maximum Gasteiger partial charge on any atom is 0.238 e. The topological polar surface area (TPSA) is 168 Å². The summed E-state index contributed by atoms with van der Waals surface area (Å²) in [6, 6.07) is 132. The Hall–Kier alpha value is -18.4. The molecular formula is C126H94N18. The average molecular weight is 1860 g/mol. The van der Waals surface area contributed by atoms with E-state index in [2.05, 4.69) is 393 Å². The number of fused-ring (bicyclic) bond motifs is 28. The molecule has 0 saturated carbocycles. The van der Waals surface area contributed by atoms with Crippen molar-refractivity contribution in [3.05, 3.63) is 471 Å². The number of hydrogen-bond donors (Lipinski definition) is 0. The first kappa shape index (κ1) is 84.8. The van der Waals surface area contributed by atoms with Gasteiger partial charge in [0.25, 0.3) is 0 Å². The van der Waals surface area contributed by atoms with Crippen LogP contribution < -0.4 is 0 Å². The van der Waals surface area contributed by atoms with Crippen LogP contribution >= 0.6 is 0 Å². The monoisotopic (exact) mass is 1860 g/mol. The average Bonchev–Trinajstić information content (AvgIpc) is 1.54. The molecule has 14 aromatic heterocycles. The van der Waals surface area contributed by atoms with Gasteiger partial charge in [-0.15, -0.1) is 0 Å². The predicted molar refractivity (Wildman–Crippen MR) is 580 cm³/mol. The number of rotatable bonds is 10. The second kappa shape index (κ2) is 32.6. The summed E-state index contributed by atoms with van der Waals surface area (Å²) in [7, 11) is 0. The first-order valence-corrected chi connectivity index (χ1v) is 49.0. The third kappa shape index (κ3) is 13.0. The van der Waals surface area contributed by atoms with Gasteiger partial charge in [0.2, 0.25) is 17.8 Å². The standard InChI is InChI=1S/C35H26N4.C34H25N5.C33H24N6.C24H19N3/c1-35(2)27-18-10-12-20-31(27)38-22-26-25-17-9-11-19-30(25)39(32(26)33(35)38)34-36-28(23-13-5-3-6-14-23)21-29(37-34)24-15-7-4-8-16-24;1-34(2)26-18-10-12-20-28(26)38-21-25-24-17-9-11-19-27(24)39(29(25)30(34)38)33-36-31(22-13-5-3-6-14-22)35-32(37-33)23-15-7-4-8-16-23;1-33(2)23-12-4-6-16-29(23)38-20-22-21-11-3-5-15-28(21)39(30(22)31(33)38)32-36-26(24-13-7-9-17-34-24)19-27(37-32)25-14-8-10-18-35-25;1-24(2)18-10-4-6-12-20(18)26-15-17-16-9-3-5-11-19(16)27(22(17)23(24)26)21-13-7-8-14-25-21/h3-22H,1-2H3;3-21H,1-2H3;3-20H,1-2H3;3-15H,1-2H3. The third-order valence-corrected chi connectivity index (χ3v) is 29.9. The van der Waals surface area contributed by atoms with Crippen LogP contribution in [0.5, 0.6) is 0 Å². The molecule has 30 rings (SSSR count). The predicted octanol–water partition coefficient (Wildman–Crippen LogP) is 28.8. The number of hydrogen-bond acceptors (Lipinski definition) is 10. The van der Waals surface area contributed by atoms with Gasteiger partial charge in [-0.05, 0) is 119 Å². The number of pyridine rings is 3. The minimum atomic E-state index is -0.202. The fourth-order valence-corrected chi connectivity index (χ4v) is 23.4. The summed E-state index contributed by atoms with van der Waals surface area (Å²) in [5.41, 5.74) is 32.9. The quantitative estimate of drug-likeness (QED) is 0.128. The Morgan fingerprint density at radius 1 is 0.194 bits per heavy atom. The third-order valence-electron chi connectivity index (χ3n) is 29.9. The molecule has 0 amide bonds. The van der Waals surface area contributed by atoms with Gasteiger partial charge in [-0.2, -0.15) is 9.97 Å². The van der Waals surface area contributed by atoms with Crippen molar-refractivity contribution in [2.24, 2.45) is 0 Å². The van der Waals surface area contributed by atoms with E-state index in [0.29, 0.717) is 29.5 Å². The van der Waals surface area contributed by atoms with E-state index in [0.717, 1.165) is 89.8 Å². The van der Waals surface area contributed by atoms with Gasteiger partial charge in [0.15, 0.2) is 11.6 Å². The lowest BCUT2D eigenvalue weighted by Crippen LogP contribution is -2.17. The minimum Gasteiger partial charge on any atom is -0.317 e. The van der Waals surface area contributed by atoms with Crippen molar-refractivity contribution < 1.29 is 0 Å². The van der Waals surface area contributed by atoms with Crippen molar-refractivity contribution in [2.75, 3.05) is 0 Å².